The third-order valence-corrected chi connectivity index (χ3v) is 3.94. The van der Waals surface area contributed by atoms with E-state index in [1.54, 1.807) is 0 Å². The van der Waals surface area contributed by atoms with Crippen LogP contribution >= 0.6 is 0 Å². The normalized spacial score (nSPS) is 24.5. The Kier molecular flexibility index (Phi) is 3.51. The quantitative estimate of drug-likeness (QED) is 0.596. The second-order valence-corrected chi connectivity index (χ2v) is 5.29. The van der Waals surface area contributed by atoms with Gasteiger partial charge < -0.3 is 13.3 Å². The first kappa shape index (κ1) is 9.19. The van der Waals surface area contributed by atoms with Crippen molar-refractivity contribution in [3.05, 3.63) is 0 Å². The van der Waals surface area contributed by atoms with Crippen LogP contribution in [0.25, 0.3) is 0 Å². The molecule has 0 aromatic rings. The van der Waals surface area contributed by atoms with Gasteiger partial charge in [-0.05, 0) is 19.8 Å². The summed E-state index contributed by atoms with van der Waals surface area (Å²) in [5, 5.41) is 0. The molecule has 0 saturated carbocycles. The van der Waals surface area contributed by atoms with Gasteiger partial charge in [0.25, 0.3) is 0 Å². The van der Waals surface area contributed by atoms with Gasteiger partial charge in [-0.2, -0.15) is 0 Å². The Morgan fingerprint density at radius 1 is 1.27 bits per heavy atom. The van der Waals surface area contributed by atoms with Gasteiger partial charge in [0.15, 0.2) is 0 Å². The Labute approximate surface area is 69.0 Å². The Balaban J connectivity index is 2.38. The topological polar surface area (TPSA) is 27.7 Å². The maximum atomic E-state index is 5.53. The van der Waals surface area contributed by atoms with Gasteiger partial charge in [-0.1, -0.05) is 0 Å². The minimum absolute atomic E-state index is 0.683. The first-order valence-electron chi connectivity index (χ1n) is 4.19. The van der Waals surface area contributed by atoms with Crippen molar-refractivity contribution < 1.29 is 13.3 Å². The van der Waals surface area contributed by atoms with E-state index in [1.165, 1.54) is 0 Å². The molecular formula is C7H16O3Si. The monoisotopic (exact) mass is 176 g/mol. The third kappa shape index (κ3) is 2.90. The fourth-order valence-corrected chi connectivity index (χ4v) is 2.91. The lowest BCUT2D eigenvalue weighted by Crippen LogP contribution is -2.41. The van der Waals surface area contributed by atoms with E-state index in [1.807, 2.05) is 13.5 Å². The molecule has 66 valence electrons. The van der Waals surface area contributed by atoms with Gasteiger partial charge in [0, 0.05) is 26.4 Å². The van der Waals surface area contributed by atoms with Gasteiger partial charge in [-0.3, -0.25) is 0 Å². The molecule has 0 N–H and O–H groups in total. The lowest BCUT2D eigenvalue weighted by molar-refractivity contribution is 0.0892. The van der Waals surface area contributed by atoms with Gasteiger partial charge >= 0.3 is 8.80 Å². The van der Waals surface area contributed by atoms with E-state index >= 15 is 0 Å². The lowest BCUT2D eigenvalue weighted by Gasteiger charge is -2.22. The van der Waals surface area contributed by atoms with Gasteiger partial charge in [0.1, 0.15) is 0 Å². The van der Waals surface area contributed by atoms with Crippen molar-refractivity contribution in [3.8, 4) is 0 Å². The summed E-state index contributed by atoms with van der Waals surface area (Å²) in [5.41, 5.74) is 0. The molecule has 0 atom stereocenters. The molecule has 1 rings (SSSR count). The maximum Gasteiger partial charge on any atom is 0.497 e. The van der Waals surface area contributed by atoms with Crippen molar-refractivity contribution in [1.29, 1.82) is 0 Å². The molecule has 11 heavy (non-hydrogen) atoms. The molecule has 0 amide bonds. The highest BCUT2D eigenvalue weighted by atomic mass is 28.4. The molecule has 1 aliphatic heterocycles. The fraction of sp³-hybridized carbons (Fsp3) is 1.00. The summed E-state index contributed by atoms with van der Waals surface area (Å²) >= 11 is 0. The highest BCUT2D eigenvalue weighted by molar-refractivity contribution is 6.59. The number of hydrogen-bond acceptors (Lipinski definition) is 3. The molecule has 1 fully saturated rings. The average Bonchev–Trinajstić information content (AvgIpc) is 2.15. The lowest BCUT2D eigenvalue weighted by atomic mass is 10.3. The van der Waals surface area contributed by atoms with Crippen molar-refractivity contribution >= 4 is 8.80 Å². The first-order chi connectivity index (χ1) is 5.27. The van der Waals surface area contributed by atoms with Crippen LogP contribution in [0.2, 0.25) is 6.55 Å². The van der Waals surface area contributed by atoms with Crippen LogP contribution in [0.5, 0.6) is 0 Å². The van der Waals surface area contributed by atoms with Gasteiger partial charge in [0.2, 0.25) is 0 Å². The zero-order valence-corrected chi connectivity index (χ0v) is 8.26. The van der Waals surface area contributed by atoms with Gasteiger partial charge in [-0.15, -0.1) is 0 Å². The minimum Gasteiger partial charge on any atom is -0.374 e. The number of hydrogen-bond donors (Lipinski definition) is 0. The van der Waals surface area contributed by atoms with E-state index in [0.717, 1.165) is 26.1 Å². The molecular weight excluding hydrogens is 160 g/mol. The summed E-state index contributed by atoms with van der Waals surface area (Å²) in [6.45, 7) is 6.20. The summed E-state index contributed by atoms with van der Waals surface area (Å²) in [5.74, 6) is 0. The van der Waals surface area contributed by atoms with Gasteiger partial charge in [0.05, 0.1) is 0 Å². The molecule has 1 aliphatic rings. The van der Waals surface area contributed by atoms with Crippen LogP contribution in [0, 0.1) is 0 Å². The third-order valence-electron chi connectivity index (χ3n) is 1.67. The van der Waals surface area contributed by atoms with Crippen LogP contribution in [-0.4, -0.2) is 28.6 Å². The molecule has 0 bridgehead atoms. The van der Waals surface area contributed by atoms with E-state index in [0.29, 0.717) is 6.61 Å². The Hall–Kier alpha value is 0.0969. The van der Waals surface area contributed by atoms with Gasteiger partial charge in [-0.25, -0.2) is 0 Å². The van der Waals surface area contributed by atoms with Crippen LogP contribution in [0.4, 0.5) is 0 Å². The zero-order valence-electron chi connectivity index (χ0n) is 7.26. The predicted octanol–water partition coefficient (Wildman–Crippen LogP) is 1.42. The van der Waals surface area contributed by atoms with Crippen molar-refractivity contribution in [2.45, 2.75) is 26.3 Å². The van der Waals surface area contributed by atoms with E-state index < -0.39 is 8.80 Å². The molecule has 0 aromatic heterocycles. The van der Waals surface area contributed by atoms with Crippen molar-refractivity contribution in [3.63, 3.8) is 0 Å². The molecule has 0 spiro atoms. The molecule has 1 heterocycles. The number of rotatable bonds is 2. The van der Waals surface area contributed by atoms with Crippen molar-refractivity contribution in [1.82, 2.24) is 0 Å². The molecule has 0 aliphatic carbocycles. The summed E-state index contributed by atoms with van der Waals surface area (Å²) in [6.07, 6.45) is 2.19. The molecule has 0 aromatic carbocycles. The SMILES string of the molecule is CCO[Si]1(C)OCCCCO1. The summed E-state index contributed by atoms with van der Waals surface area (Å²) < 4.78 is 16.5. The zero-order chi connectivity index (χ0) is 8.16. The second-order valence-electron chi connectivity index (χ2n) is 2.70. The minimum atomic E-state index is -2.19. The van der Waals surface area contributed by atoms with Crippen LogP contribution < -0.4 is 0 Å². The van der Waals surface area contributed by atoms with E-state index in [4.69, 9.17) is 13.3 Å². The van der Waals surface area contributed by atoms with Crippen molar-refractivity contribution in [2.75, 3.05) is 19.8 Å². The largest absolute Gasteiger partial charge is 0.497 e. The maximum absolute atomic E-state index is 5.53. The molecule has 1 saturated heterocycles. The first-order valence-corrected chi connectivity index (χ1v) is 6.41. The smallest absolute Gasteiger partial charge is 0.374 e. The van der Waals surface area contributed by atoms with Crippen LogP contribution in [0.15, 0.2) is 0 Å². The van der Waals surface area contributed by atoms with E-state index in [9.17, 15) is 0 Å². The van der Waals surface area contributed by atoms with E-state index in [-0.39, 0.29) is 0 Å². The van der Waals surface area contributed by atoms with Crippen LogP contribution in [0.1, 0.15) is 19.8 Å². The van der Waals surface area contributed by atoms with E-state index in [2.05, 4.69) is 0 Å². The molecule has 4 heteroatoms. The summed E-state index contributed by atoms with van der Waals surface area (Å²) in [4.78, 5) is 0. The standard InChI is InChI=1S/C7H16O3Si/c1-3-8-11(2)9-6-4-5-7-10-11/h3-7H2,1-2H3. The second kappa shape index (κ2) is 4.20. The van der Waals surface area contributed by atoms with Crippen LogP contribution in [0.3, 0.4) is 0 Å². The Morgan fingerprint density at radius 2 is 1.82 bits per heavy atom. The Bertz CT molecular complexity index is 110. The molecule has 0 radical (unpaired) electrons. The predicted molar refractivity (Wildman–Crippen MR) is 44.4 cm³/mol. The van der Waals surface area contributed by atoms with Crippen molar-refractivity contribution in [2.24, 2.45) is 0 Å². The Morgan fingerprint density at radius 3 is 2.27 bits per heavy atom. The summed E-state index contributed by atoms with van der Waals surface area (Å²) in [7, 11) is -2.19. The highest BCUT2D eigenvalue weighted by Gasteiger charge is 2.35. The summed E-state index contributed by atoms with van der Waals surface area (Å²) in [6, 6.07) is 0. The highest BCUT2D eigenvalue weighted by Crippen LogP contribution is 2.14. The van der Waals surface area contributed by atoms with Crippen LogP contribution in [-0.2, 0) is 13.3 Å². The molecule has 0 unspecified atom stereocenters. The molecule has 3 nitrogen and oxygen atoms in total. The fourth-order valence-electron chi connectivity index (χ4n) is 1.11. The average molecular weight is 176 g/mol.